The average molecular weight is 224 g/mol. The van der Waals surface area contributed by atoms with Crippen molar-refractivity contribution in [2.45, 2.75) is 27.2 Å². The maximum Gasteiger partial charge on any atom is 0.360 e. The summed E-state index contributed by atoms with van der Waals surface area (Å²) in [5.41, 5.74) is 0.00223. The van der Waals surface area contributed by atoms with Gasteiger partial charge in [0.1, 0.15) is 0 Å². The first kappa shape index (κ1) is 12.4. The largest absolute Gasteiger partial charge is 0.476 e. The summed E-state index contributed by atoms with van der Waals surface area (Å²) in [6.07, 6.45) is 3.57. The summed E-state index contributed by atoms with van der Waals surface area (Å²) >= 11 is 0. The quantitative estimate of drug-likeness (QED) is 0.846. The standard InChI is InChI=1S/C11H16N2O3/c1-11(2,3)4-7-16-9-8(10(14)15)12-5-6-13-9/h5-6H,4,7H2,1-3H3,(H,14,15). The minimum Gasteiger partial charge on any atom is -0.476 e. The van der Waals surface area contributed by atoms with Gasteiger partial charge in [0.25, 0.3) is 0 Å². The van der Waals surface area contributed by atoms with Gasteiger partial charge in [-0.05, 0) is 11.8 Å². The Morgan fingerprint density at radius 1 is 1.38 bits per heavy atom. The SMILES string of the molecule is CC(C)(C)CCOc1nccnc1C(=O)O. The number of hydrogen-bond donors (Lipinski definition) is 1. The lowest BCUT2D eigenvalue weighted by molar-refractivity contribution is 0.0683. The summed E-state index contributed by atoms with van der Waals surface area (Å²) < 4.78 is 5.32. The zero-order valence-electron chi connectivity index (χ0n) is 9.73. The zero-order chi connectivity index (χ0) is 12.2. The molecule has 1 heterocycles. The topological polar surface area (TPSA) is 72.3 Å². The van der Waals surface area contributed by atoms with E-state index in [1.165, 1.54) is 12.4 Å². The molecule has 0 spiro atoms. The Balaban J connectivity index is 2.64. The van der Waals surface area contributed by atoms with Gasteiger partial charge in [-0.25, -0.2) is 14.8 Å². The Labute approximate surface area is 94.5 Å². The fourth-order valence-corrected chi connectivity index (χ4v) is 1.03. The number of rotatable bonds is 4. The molecule has 0 atom stereocenters. The minimum atomic E-state index is -1.13. The van der Waals surface area contributed by atoms with Gasteiger partial charge in [-0.1, -0.05) is 20.8 Å². The number of carboxylic acid groups (broad SMARTS) is 1. The van der Waals surface area contributed by atoms with Gasteiger partial charge in [0.05, 0.1) is 6.61 Å². The van der Waals surface area contributed by atoms with E-state index in [0.717, 1.165) is 6.42 Å². The van der Waals surface area contributed by atoms with Crippen LogP contribution >= 0.6 is 0 Å². The number of carbonyl (C=O) groups is 1. The summed E-state index contributed by atoms with van der Waals surface area (Å²) in [5, 5.41) is 8.84. The van der Waals surface area contributed by atoms with Gasteiger partial charge in [-0.2, -0.15) is 0 Å². The number of aromatic nitrogens is 2. The number of aromatic carboxylic acids is 1. The summed E-state index contributed by atoms with van der Waals surface area (Å²) in [6.45, 7) is 6.70. The van der Waals surface area contributed by atoms with Crippen molar-refractivity contribution in [3.05, 3.63) is 18.1 Å². The lowest BCUT2D eigenvalue weighted by atomic mass is 9.93. The van der Waals surface area contributed by atoms with E-state index in [1.807, 2.05) is 0 Å². The fourth-order valence-electron chi connectivity index (χ4n) is 1.03. The molecule has 0 unspecified atom stereocenters. The summed E-state index contributed by atoms with van der Waals surface area (Å²) in [6, 6.07) is 0. The van der Waals surface area contributed by atoms with Crippen molar-refractivity contribution in [1.82, 2.24) is 9.97 Å². The van der Waals surface area contributed by atoms with Gasteiger partial charge in [-0.15, -0.1) is 0 Å². The van der Waals surface area contributed by atoms with Crippen LogP contribution < -0.4 is 4.74 Å². The molecular weight excluding hydrogens is 208 g/mol. The van der Waals surface area contributed by atoms with E-state index in [0.29, 0.717) is 6.61 Å². The molecule has 1 rings (SSSR count). The monoisotopic (exact) mass is 224 g/mol. The highest BCUT2D eigenvalue weighted by atomic mass is 16.5. The third-order valence-corrected chi connectivity index (χ3v) is 1.96. The normalized spacial score (nSPS) is 11.2. The average Bonchev–Trinajstić information content (AvgIpc) is 2.16. The number of nitrogens with zero attached hydrogens (tertiary/aromatic N) is 2. The smallest absolute Gasteiger partial charge is 0.360 e. The lowest BCUT2D eigenvalue weighted by Crippen LogP contribution is -2.13. The summed E-state index contributed by atoms with van der Waals surface area (Å²) in [4.78, 5) is 18.4. The van der Waals surface area contributed by atoms with Crippen LogP contribution in [0.1, 0.15) is 37.7 Å². The molecular formula is C11H16N2O3. The molecule has 0 aliphatic rings. The van der Waals surface area contributed by atoms with Gasteiger partial charge in [0, 0.05) is 12.4 Å². The fraction of sp³-hybridized carbons (Fsp3) is 0.545. The zero-order valence-corrected chi connectivity index (χ0v) is 9.73. The van der Waals surface area contributed by atoms with Gasteiger partial charge in [0.2, 0.25) is 11.6 Å². The molecule has 0 amide bonds. The first-order valence-electron chi connectivity index (χ1n) is 5.07. The second-order valence-corrected chi connectivity index (χ2v) is 4.67. The molecule has 0 radical (unpaired) electrons. The molecule has 1 N–H and O–H groups in total. The molecule has 16 heavy (non-hydrogen) atoms. The predicted molar refractivity (Wildman–Crippen MR) is 58.6 cm³/mol. The van der Waals surface area contributed by atoms with E-state index in [2.05, 4.69) is 30.7 Å². The Kier molecular flexibility index (Phi) is 3.82. The van der Waals surface area contributed by atoms with Crippen molar-refractivity contribution < 1.29 is 14.6 Å². The molecule has 88 valence electrons. The highest BCUT2D eigenvalue weighted by molar-refractivity contribution is 5.87. The molecule has 0 saturated carbocycles. The van der Waals surface area contributed by atoms with E-state index in [-0.39, 0.29) is 17.0 Å². The van der Waals surface area contributed by atoms with Crippen LogP contribution in [-0.4, -0.2) is 27.7 Å². The number of carboxylic acids is 1. The van der Waals surface area contributed by atoms with Crippen LogP contribution in [0, 0.1) is 5.41 Å². The Bertz CT molecular complexity index is 372. The van der Waals surface area contributed by atoms with Crippen LogP contribution in [0.25, 0.3) is 0 Å². The lowest BCUT2D eigenvalue weighted by Gasteiger charge is -2.17. The van der Waals surface area contributed by atoms with E-state index >= 15 is 0 Å². The van der Waals surface area contributed by atoms with Crippen molar-refractivity contribution in [3.8, 4) is 5.88 Å². The Morgan fingerprint density at radius 2 is 2.00 bits per heavy atom. The van der Waals surface area contributed by atoms with Crippen LogP contribution in [0.4, 0.5) is 0 Å². The maximum absolute atomic E-state index is 10.8. The van der Waals surface area contributed by atoms with Gasteiger partial charge in [-0.3, -0.25) is 0 Å². The molecule has 0 aromatic carbocycles. The van der Waals surface area contributed by atoms with Gasteiger partial charge >= 0.3 is 5.97 Å². The van der Waals surface area contributed by atoms with Gasteiger partial charge in [0.15, 0.2) is 0 Å². The maximum atomic E-state index is 10.8. The summed E-state index contributed by atoms with van der Waals surface area (Å²) in [7, 11) is 0. The first-order valence-corrected chi connectivity index (χ1v) is 5.07. The Hall–Kier alpha value is -1.65. The molecule has 5 heteroatoms. The van der Waals surface area contributed by atoms with E-state index in [1.54, 1.807) is 0 Å². The van der Waals surface area contributed by atoms with Crippen LogP contribution in [0.15, 0.2) is 12.4 Å². The Morgan fingerprint density at radius 3 is 2.56 bits per heavy atom. The first-order chi connectivity index (χ1) is 7.40. The second kappa shape index (κ2) is 4.92. The van der Waals surface area contributed by atoms with Crippen LogP contribution in [-0.2, 0) is 0 Å². The van der Waals surface area contributed by atoms with Crippen LogP contribution in [0.3, 0.4) is 0 Å². The molecule has 0 aliphatic heterocycles. The molecule has 1 aromatic rings. The van der Waals surface area contributed by atoms with Crippen LogP contribution in [0.5, 0.6) is 5.88 Å². The van der Waals surface area contributed by atoms with Crippen molar-refractivity contribution in [2.24, 2.45) is 5.41 Å². The molecule has 5 nitrogen and oxygen atoms in total. The molecule has 1 aromatic heterocycles. The second-order valence-electron chi connectivity index (χ2n) is 4.67. The molecule has 0 saturated heterocycles. The molecule has 0 bridgehead atoms. The molecule has 0 fully saturated rings. The van der Waals surface area contributed by atoms with Crippen molar-refractivity contribution >= 4 is 5.97 Å². The van der Waals surface area contributed by atoms with E-state index in [9.17, 15) is 4.79 Å². The van der Waals surface area contributed by atoms with Gasteiger partial charge < -0.3 is 9.84 Å². The van der Waals surface area contributed by atoms with Crippen molar-refractivity contribution in [1.29, 1.82) is 0 Å². The predicted octanol–water partition coefficient (Wildman–Crippen LogP) is 1.99. The molecule has 0 aliphatic carbocycles. The van der Waals surface area contributed by atoms with Crippen molar-refractivity contribution in [3.63, 3.8) is 0 Å². The number of hydrogen-bond acceptors (Lipinski definition) is 4. The van der Waals surface area contributed by atoms with Crippen LogP contribution in [0.2, 0.25) is 0 Å². The highest BCUT2D eigenvalue weighted by Gasteiger charge is 2.15. The van der Waals surface area contributed by atoms with E-state index in [4.69, 9.17) is 9.84 Å². The summed E-state index contributed by atoms with van der Waals surface area (Å²) in [5.74, 6) is -1.04. The number of ether oxygens (including phenoxy) is 1. The highest BCUT2D eigenvalue weighted by Crippen LogP contribution is 2.19. The third kappa shape index (κ3) is 3.84. The minimum absolute atomic E-state index is 0.0826. The third-order valence-electron chi connectivity index (χ3n) is 1.96. The van der Waals surface area contributed by atoms with Crippen molar-refractivity contribution in [2.75, 3.05) is 6.61 Å². The van der Waals surface area contributed by atoms with E-state index < -0.39 is 5.97 Å².